The monoisotopic (exact) mass is 567 g/mol. The maximum Gasteiger partial charge on any atom is 0.165 e. The van der Waals surface area contributed by atoms with Crippen molar-refractivity contribution in [2.24, 2.45) is 0 Å². The van der Waals surface area contributed by atoms with E-state index in [0.29, 0.717) is 17.5 Å². The van der Waals surface area contributed by atoms with Crippen molar-refractivity contribution in [3.8, 4) is 56.4 Å². The first-order valence-corrected chi connectivity index (χ1v) is 15.1. The van der Waals surface area contributed by atoms with E-state index < -0.39 is 0 Å². The summed E-state index contributed by atoms with van der Waals surface area (Å²) in [5.74, 6) is 2.01. The number of nitrogens with zero attached hydrogens (tertiary/aromatic N) is 3. The SMILES string of the molecule is c1ccc(-c2cccc(-c3cccc4sc5c(-c6nc(-c7ccccc7)nc(-c7ccccc7)n6)cccc5c34)c2)cc1. The van der Waals surface area contributed by atoms with Gasteiger partial charge in [-0.2, -0.15) is 0 Å². The Hall–Kier alpha value is -5.45. The van der Waals surface area contributed by atoms with Gasteiger partial charge in [0, 0.05) is 36.9 Å². The first-order valence-electron chi connectivity index (χ1n) is 14.3. The van der Waals surface area contributed by atoms with Gasteiger partial charge in [-0.15, -0.1) is 11.3 Å². The van der Waals surface area contributed by atoms with Gasteiger partial charge < -0.3 is 0 Å². The van der Waals surface area contributed by atoms with Crippen LogP contribution in [0, 0.1) is 0 Å². The molecule has 0 radical (unpaired) electrons. The number of aromatic nitrogens is 3. The first kappa shape index (κ1) is 25.3. The van der Waals surface area contributed by atoms with Crippen LogP contribution in [0.1, 0.15) is 0 Å². The summed E-state index contributed by atoms with van der Waals surface area (Å²) in [5.41, 5.74) is 7.80. The molecule has 0 aliphatic heterocycles. The minimum absolute atomic E-state index is 0.668. The van der Waals surface area contributed by atoms with Gasteiger partial charge in [0.25, 0.3) is 0 Å². The van der Waals surface area contributed by atoms with Gasteiger partial charge in [0.2, 0.25) is 0 Å². The molecule has 202 valence electrons. The quantitative estimate of drug-likeness (QED) is 0.208. The third-order valence-corrected chi connectivity index (χ3v) is 8.95. The van der Waals surface area contributed by atoms with E-state index >= 15 is 0 Å². The fourth-order valence-electron chi connectivity index (χ4n) is 5.69. The highest BCUT2D eigenvalue weighted by molar-refractivity contribution is 7.26. The van der Waals surface area contributed by atoms with Gasteiger partial charge in [-0.05, 0) is 40.5 Å². The van der Waals surface area contributed by atoms with Crippen LogP contribution in [-0.2, 0) is 0 Å². The molecule has 0 aliphatic carbocycles. The van der Waals surface area contributed by atoms with Gasteiger partial charge in [0.05, 0.1) is 0 Å². The highest BCUT2D eigenvalue weighted by Crippen LogP contribution is 2.44. The van der Waals surface area contributed by atoms with Crippen molar-refractivity contribution < 1.29 is 0 Å². The van der Waals surface area contributed by atoms with Crippen molar-refractivity contribution in [1.82, 2.24) is 15.0 Å². The van der Waals surface area contributed by atoms with E-state index in [9.17, 15) is 0 Å². The summed E-state index contributed by atoms with van der Waals surface area (Å²) in [6.07, 6.45) is 0. The number of thiophene rings is 1. The number of hydrogen-bond donors (Lipinski definition) is 0. The zero-order valence-corrected chi connectivity index (χ0v) is 24.0. The highest BCUT2D eigenvalue weighted by Gasteiger charge is 2.18. The second kappa shape index (κ2) is 10.8. The summed E-state index contributed by atoms with van der Waals surface area (Å²) < 4.78 is 2.42. The molecule has 0 N–H and O–H groups in total. The molecule has 0 spiro atoms. The lowest BCUT2D eigenvalue weighted by atomic mass is 9.95. The fraction of sp³-hybridized carbons (Fsp3) is 0. The molecule has 0 saturated heterocycles. The second-order valence-electron chi connectivity index (χ2n) is 10.4. The van der Waals surface area contributed by atoms with E-state index in [1.165, 1.54) is 42.4 Å². The molecular weight excluding hydrogens is 543 g/mol. The summed E-state index contributed by atoms with van der Waals surface area (Å²) in [7, 11) is 0. The van der Waals surface area contributed by atoms with Crippen molar-refractivity contribution in [1.29, 1.82) is 0 Å². The summed E-state index contributed by atoms with van der Waals surface area (Å²) in [4.78, 5) is 15.0. The molecule has 8 rings (SSSR count). The molecule has 0 atom stereocenters. The fourth-order valence-corrected chi connectivity index (χ4v) is 6.93. The normalized spacial score (nSPS) is 11.3. The zero-order valence-electron chi connectivity index (χ0n) is 23.2. The predicted molar refractivity (Wildman–Crippen MR) is 180 cm³/mol. The van der Waals surface area contributed by atoms with Gasteiger partial charge >= 0.3 is 0 Å². The lowest BCUT2D eigenvalue weighted by Gasteiger charge is -2.09. The Bertz CT molecular complexity index is 2170. The Morgan fingerprint density at radius 1 is 0.372 bits per heavy atom. The van der Waals surface area contributed by atoms with Crippen molar-refractivity contribution in [2.45, 2.75) is 0 Å². The van der Waals surface area contributed by atoms with Crippen molar-refractivity contribution >= 4 is 31.5 Å². The average molecular weight is 568 g/mol. The minimum Gasteiger partial charge on any atom is -0.208 e. The molecule has 0 saturated carbocycles. The average Bonchev–Trinajstić information content (AvgIpc) is 3.49. The summed E-state index contributed by atoms with van der Waals surface area (Å²) >= 11 is 1.80. The first-order chi connectivity index (χ1) is 21.3. The van der Waals surface area contributed by atoms with Crippen LogP contribution >= 0.6 is 11.3 Å². The largest absolute Gasteiger partial charge is 0.208 e. The standard InChI is InChI=1S/C39H25N3S/c1-4-13-26(14-5-1)29-19-10-20-30(25-29)31-21-12-24-34-35(31)32-22-11-23-33(36(32)43-34)39-41-37(27-15-6-2-7-16-27)40-38(42-39)28-17-8-3-9-18-28/h1-25H. The Morgan fingerprint density at radius 3 is 1.56 bits per heavy atom. The Kier molecular flexibility index (Phi) is 6.32. The predicted octanol–water partition coefficient (Wildman–Crippen LogP) is 10.6. The van der Waals surface area contributed by atoms with Gasteiger partial charge in [-0.25, -0.2) is 15.0 Å². The molecule has 0 amide bonds. The van der Waals surface area contributed by atoms with Crippen molar-refractivity contribution in [3.63, 3.8) is 0 Å². The Labute approximate surface area is 253 Å². The van der Waals surface area contributed by atoms with Crippen LogP contribution in [-0.4, -0.2) is 15.0 Å². The van der Waals surface area contributed by atoms with Gasteiger partial charge in [0.15, 0.2) is 17.5 Å². The maximum atomic E-state index is 5.03. The molecular formula is C39H25N3S. The number of fused-ring (bicyclic) bond motifs is 3. The molecule has 0 unspecified atom stereocenters. The molecule has 0 fully saturated rings. The zero-order chi connectivity index (χ0) is 28.6. The molecule has 43 heavy (non-hydrogen) atoms. The van der Waals surface area contributed by atoms with Gasteiger partial charge in [-0.3, -0.25) is 0 Å². The molecule has 4 heteroatoms. The van der Waals surface area contributed by atoms with E-state index in [4.69, 9.17) is 15.0 Å². The van der Waals surface area contributed by atoms with Crippen LogP contribution in [0.3, 0.4) is 0 Å². The second-order valence-corrected chi connectivity index (χ2v) is 11.5. The molecule has 2 aromatic heterocycles. The van der Waals surface area contributed by atoms with Crippen LogP contribution in [0.25, 0.3) is 76.6 Å². The van der Waals surface area contributed by atoms with E-state index in [1.807, 2.05) is 60.7 Å². The smallest absolute Gasteiger partial charge is 0.165 e. The van der Waals surface area contributed by atoms with Crippen LogP contribution < -0.4 is 0 Å². The molecule has 2 heterocycles. The van der Waals surface area contributed by atoms with E-state index in [1.54, 1.807) is 11.3 Å². The number of rotatable bonds is 5. The number of benzene rings is 6. The number of hydrogen-bond acceptors (Lipinski definition) is 4. The third-order valence-electron chi connectivity index (χ3n) is 7.74. The molecule has 0 aliphatic rings. The summed E-state index contributed by atoms with van der Waals surface area (Å²) in [6, 6.07) is 52.7. The van der Waals surface area contributed by atoms with Crippen LogP contribution in [0.2, 0.25) is 0 Å². The summed E-state index contributed by atoms with van der Waals surface area (Å²) in [6.45, 7) is 0. The maximum absolute atomic E-state index is 5.03. The third kappa shape index (κ3) is 4.68. The minimum atomic E-state index is 0.668. The van der Waals surface area contributed by atoms with Crippen LogP contribution in [0.15, 0.2) is 152 Å². The van der Waals surface area contributed by atoms with Crippen molar-refractivity contribution in [2.75, 3.05) is 0 Å². The van der Waals surface area contributed by atoms with Crippen molar-refractivity contribution in [3.05, 3.63) is 152 Å². The van der Waals surface area contributed by atoms with E-state index in [-0.39, 0.29) is 0 Å². The molecule has 0 bridgehead atoms. The van der Waals surface area contributed by atoms with E-state index in [0.717, 1.165) is 16.7 Å². The van der Waals surface area contributed by atoms with Crippen LogP contribution in [0.4, 0.5) is 0 Å². The topological polar surface area (TPSA) is 38.7 Å². The lowest BCUT2D eigenvalue weighted by Crippen LogP contribution is -2.00. The van der Waals surface area contributed by atoms with E-state index in [2.05, 4.69) is 91.0 Å². The Morgan fingerprint density at radius 2 is 0.884 bits per heavy atom. The molecule has 8 aromatic rings. The van der Waals surface area contributed by atoms with Crippen LogP contribution in [0.5, 0.6) is 0 Å². The lowest BCUT2D eigenvalue weighted by molar-refractivity contribution is 1.08. The summed E-state index contributed by atoms with van der Waals surface area (Å²) in [5, 5.41) is 2.47. The Balaban J connectivity index is 1.33. The van der Waals surface area contributed by atoms with Gasteiger partial charge in [-0.1, -0.05) is 133 Å². The highest BCUT2D eigenvalue weighted by atomic mass is 32.1. The molecule has 6 aromatic carbocycles. The molecule has 3 nitrogen and oxygen atoms in total. The van der Waals surface area contributed by atoms with Gasteiger partial charge in [0.1, 0.15) is 0 Å².